The van der Waals surface area contributed by atoms with Gasteiger partial charge in [-0.3, -0.25) is 4.57 Å². The molecule has 1 fully saturated rings. The second kappa shape index (κ2) is 8.89. The maximum Gasteiger partial charge on any atom is 0.182 e. The molecular weight excluding hydrogens is 386 g/mol. The largest absolute Gasteiger partial charge is 0.387 e. The van der Waals surface area contributed by atoms with Crippen molar-refractivity contribution in [3.05, 3.63) is 12.7 Å². The van der Waals surface area contributed by atoms with Crippen LogP contribution in [0.15, 0.2) is 12.7 Å². The van der Waals surface area contributed by atoms with Crippen LogP contribution in [0.3, 0.4) is 0 Å². The van der Waals surface area contributed by atoms with E-state index in [1.54, 1.807) is 4.57 Å². The van der Waals surface area contributed by atoms with Gasteiger partial charge in [0.2, 0.25) is 0 Å². The Labute approximate surface area is 166 Å². The number of aliphatic hydroxyl groups is 2. The van der Waals surface area contributed by atoms with Crippen LogP contribution in [0.5, 0.6) is 0 Å². The molecule has 0 radical (unpaired) electrons. The first-order chi connectivity index (χ1) is 13.4. The summed E-state index contributed by atoms with van der Waals surface area (Å²) in [5, 5.41) is 24.5. The van der Waals surface area contributed by atoms with Crippen molar-refractivity contribution < 1.29 is 14.9 Å². The van der Waals surface area contributed by atoms with Gasteiger partial charge in [0, 0.05) is 20.1 Å². The lowest BCUT2D eigenvalue weighted by Gasteiger charge is -2.19. The number of aliphatic hydroxyl groups excluding tert-OH is 2. The van der Waals surface area contributed by atoms with Crippen molar-refractivity contribution >= 4 is 34.3 Å². The Bertz CT molecular complexity index is 819. The van der Waals surface area contributed by atoms with Gasteiger partial charge in [0.1, 0.15) is 30.2 Å². The zero-order valence-electron chi connectivity index (χ0n) is 15.4. The molecule has 2 aromatic rings. The topological polar surface area (TPSA) is 173 Å². The highest BCUT2D eigenvalue weighted by atomic mass is 32.1. The number of aromatic nitrogens is 4. The average Bonchev–Trinajstić information content (AvgIpc) is 3.24. The van der Waals surface area contributed by atoms with E-state index >= 15 is 0 Å². The van der Waals surface area contributed by atoms with Crippen LogP contribution in [0, 0.1) is 0 Å². The molecule has 3 heterocycles. The minimum Gasteiger partial charge on any atom is -0.387 e. The number of imidazole rings is 1. The number of hydrazine groups is 1. The van der Waals surface area contributed by atoms with Crippen LogP contribution in [0.4, 0.5) is 5.82 Å². The third-order valence-electron chi connectivity index (χ3n) is 4.66. The number of nitrogens with two attached hydrogens (primary N) is 2. The molecule has 154 valence electrons. The maximum atomic E-state index is 10.4. The van der Waals surface area contributed by atoms with E-state index in [-0.39, 0.29) is 5.82 Å². The number of anilines is 1. The van der Waals surface area contributed by atoms with Crippen molar-refractivity contribution in [2.45, 2.75) is 31.0 Å². The van der Waals surface area contributed by atoms with E-state index in [1.165, 1.54) is 12.7 Å². The Hall–Kier alpha value is -2.16. The van der Waals surface area contributed by atoms with Crippen LogP contribution >= 0.6 is 12.2 Å². The fraction of sp³-hybridized carbons (Fsp3) is 0.600. The van der Waals surface area contributed by atoms with E-state index in [9.17, 15) is 10.2 Å². The molecule has 0 spiro atoms. The van der Waals surface area contributed by atoms with Crippen molar-refractivity contribution in [3.8, 4) is 0 Å². The molecule has 12 nitrogen and oxygen atoms in total. The molecule has 0 amide bonds. The normalized spacial score (nSPS) is 24.6. The van der Waals surface area contributed by atoms with E-state index in [0.29, 0.717) is 29.4 Å². The number of thiocarbonyl (C=S) groups is 1. The lowest BCUT2D eigenvalue weighted by molar-refractivity contribution is -0.0341. The van der Waals surface area contributed by atoms with Crippen LogP contribution in [0.1, 0.15) is 12.6 Å². The molecule has 0 aromatic carbocycles. The van der Waals surface area contributed by atoms with Crippen molar-refractivity contribution in [2.75, 3.05) is 32.4 Å². The smallest absolute Gasteiger partial charge is 0.182 e. The van der Waals surface area contributed by atoms with Crippen molar-refractivity contribution in [2.24, 2.45) is 5.84 Å². The van der Waals surface area contributed by atoms with Gasteiger partial charge >= 0.3 is 0 Å². The van der Waals surface area contributed by atoms with Gasteiger partial charge in [-0.2, -0.15) is 0 Å². The van der Waals surface area contributed by atoms with Crippen LogP contribution in [-0.4, -0.2) is 84.7 Å². The van der Waals surface area contributed by atoms with Gasteiger partial charge in [0.15, 0.2) is 22.8 Å². The van der Waals surface area contributed by atoms with Crippen molar-refractivity contribution in [1.82, 2.24) is 35.2 Å². The van der Waals surface area contributed by atoms with Crippen LogP contribution in [-0.2, 0) is 4.74 Å². The average molecular weight is 411 g/mol. The molecule has 3 rings (SSSR count). The minimum absolute atomic E-state index is 0.240. The monoisotopic (exact) mass is 411 g/mol. The van der Waals surface area contributed by atoms with Crippen LogP contribution in [0.25, 0.3) is 11.2 Å². The van der Waals surface area contributed by atoms with Crippen LogP contribution in [0.2, 0.25) is 0 Å². The standard InChI is InChI=1S/C15H25N9O3S/c1-23(15(28)22-17)4-2-3-18-5-8-10(25)11(26)14(27-8)24-7-21-9-12(16)19-6-20-13(9)24/h6-8,10-11,14,18,25-26H,2-5,17H2,1H3,(H,22,28)(H2,16,19,20)/t8-,10-,11-,14-/m1/s1. The molecule has 4 atom stereocenters. The molecule has 1 aliphatic heterocycles. The Morgan fingerprint density at radius 1 is 1.36 bits per heavy atom. The van der Waals surface area contributed by atoms with E-state index in [4.69, 9.17) is 28.5 Å². The molecular formula is C15H25N9O3S. The van der Waals surface area contributed by atoms with E-state index < -0.39 is 24.5 Å². The summed E-state index contributed by atoms with van der Waals surface area (Å²) in [7, 11) is 1.85. The number of hydrogen-bond donors (Lipinski definition) is 6. The number of hydrogen-bond acceptors (Lipinski definition) is 10. The Balaban J connectivity index is 1.54. The molecule has 1 saturated heterocycles. The molecule has 8 N–H and O–H groups in total. The predicted octanol–water partition coefficient (Wildman–Crippen LogP) is -2.31. The number of nitrogen functional groups attached to an aromatic ring is 1. The van der Waals surface area contributed by atoms with E-state index in [0.717, 1.165) is 13.0 Å². The highest BCUT2D eigenvalue weighted by Crippen LogP contribution is 2.31. The summed E-state index contributed by atoms with van der Waals surface area (Å²) in [5.41, 5.74) is 9.07. The SMILES string of the molecule is CN(CCCNC[C@H]1O[C@@H](n2cnc3c(N)ncnc32)[C@H](O)[C@@H]1O)C(=S)NN. The number of rotatable bonds is 7. The lowest BCUT2D eigenvalue weighted by Crippen LogP contribution is -2.42. The number of nitrogens with zero attached hydrogens (tertiary/aromatic N) is 5. The highest BCUT2D eigenvalue weighted by Gasteiger charge is 2.44. The molecule has 2 aromatic heterocycles. The summed E-state index contributed by atoms with van der Waals surface area (Å²) in [6.07, 6.45) is 0.0214. The van der Waals surface area contributed by atoms with Gasteiger partial charge in [0.25, 0.3) is 0 Å². The summed E-state index contributed by atoms with van der Waals surface area (Å²) in [6.45, 7) is 1.78. The van der Waals surface area contributed by atoms with Gasteiger partial charge in [-0.1, -0.05) is 0 Å². The van der Waals surface area contributed by atoms with Gasteiger partial charge in [-0.15, -0.1) is 0 Å². The summed E-state index contributed by atoms with van der Waals surface area (Å²) in [4.78, 5) is 14.0. The molecule has 28 heavy (non-hydrogen) atoms. The fourth-order valence-electron chi connectivity index (χ4n) is 3.08. The fourth-order valence-corrected chi connectivity index (χ4v) is 3.17. The molecule has 0 bridgehead atoms. The summed E-state index contributed by atoms with van der Waals surface area (Å²) in [6, 6.07) is 0. The first-order valence-electron chi connectivity index (χ1n) is 8.81. The van der Waals surface area contributed by atoms with Gasteiger partial charge in [0.05, 0.1) is 6.33 Å². The second-order valence-electron chi connectivity index (χ2n) is 6.56. The van der Waals surface area contributed by atoms with Crippen LogP contribution < -0.4 is 22.3 Å². The zero-order valence-corrected chi connectivity index (χ0v) is 16.2. The second-order valence-corrected chi connectivity index (χ2v) is 6.94. The van der Waals surface area contributed by atoms with Gasteiger partial charge < -0.3 is 36.3 Å². The molecule has 13 heteroatoms. The molecule has 0 unspecified atom stereocenters. The number of fused-ring (bicyclic) bond motifs is 1. The maximum absolute atomic E-state index is 10.4. The summed E-state index contributed by atoms with van der Waals surface area (Å²) in [5.74, 6) is 5.51. The third kappa shape index (κ3) is 4.14. The Morgan fingerprint density at radius 2 is 2.14 bits per heavy atom. The Morgan fingerprint density at radius 3 is 2.89 bits per heavy atom. The van der Waals surface area contributed by atoms with E-state index in [2.05, 4.69) is 25.7 Å². The zero-order chi connectivity index (χ0) is 20.3. The first-order valence-corrected chi connectivity index (χ1v) is 9.22. The predicted molar refractivity (Wildman–Crippen MR) is 106 cm³/mol. The molecule has 1 aliphatic rings. The number of ether oxygens (including phenoxy) is 1. The van der Waals surface area contributed by atoms with E-state index in [1.807, 2.05) is 11.9 Å². The molecule has 0 saturated carbocycles. The summed E-state index contributed by atoms with van der Waals surface area (Å²) < 4.78 is 7.42. The first kappa shape index (κ1) is 20.6. The van der Waals surface area contributed by atoms with Gasteiger partial charge in [-0.05, 0) is 25.2 Å². The quantitative estimate of drug-likeness (QED) is 0.125. The van der Waals surface area contributed by atoms with Gasteiger partial charge in [-0.25, -0.2) is 20.8 Å². The highest BCUT2D eigenvalue weighted by molar-refractivity contribution is 7.80. The summed E-state index contributed by atoms with van der Waals surface area (Å²) >= 11 is 5.03. The molecule has 0 aliphatic carbocycles. The Kier molecular flexibility index (Phi) is 6.53. The van der Waals surface area contributed by atoms with Crippen molar-refractivity contribution in [1.29, 1.82) is 0 Å². The number of nitrogens with one attached hydrogen (secondary N) is 2. The lowest BCUT2D eigenvalue weighted by atomic mass is 10.1. The minimum atomic E-state index is -1.13. The third-order valence-corrected chi connectivity index (χ3v) is 5.09. The van der Waals surface area contributed by atoms with Crippen molar-refractivity contribution in [3.63, 3.8) is 0 Å².